The number of nitrogens with zero attached hydrogens (tertiary/aromatic N) is 2. The van der Waals surface area contributed by atoms with E-state index < -0.39 is 0 Å². The van der Waals surface area contributed by atoms with Crippen LogP contribution in [0.1, 0.15) is 5.01 Å². The van der Waals surface area contributed by atoms with E-state index in [1.165, 1.54) is 6.07 Å². The number of hydrogen-bond donors (Lipinski definition) is 1. The molecule has 0 aliphatic carbocycles. The van der Waals surface area contributed by atoms with Gasteiger partial charge in [0.25, 0.3) is 0 Å². The fraction of sp³-hybridized carbons (Fsp3) is 0.300. The van der Waals surface area contributed by atoms with Crippen LogP contribution in [0.15, 0.2) is 48.5 Å². The van der Waals surface area contributed by atoms with Gasteiger partial charge in [0.2, 0.25) is 5.91 Å². The molecule has 0 spiro atoms. The third-order valence-corrected chi connectivity index (χ3v) is 5.08. The van der Waals surface area contributed by atoms with Crippen LogP contribution in [0.2, 0.25) is 0 Å². The number of benzene rings is 2. The number of hydrogen-bond acceptors (Lipinski definition) is 5. The highest BCUT2D eigenvalue weighted by molar-refractivity contribution is 7.18. The number of nitrogens with one attached hydrogen (secondary N) is 1. The molecule has 27 heavy (non-hydrogen) atoms. The predicted octanol–water partition coefficient (Wildman–Crippen LogP) is 3.10. The molecule has 2 aromatic carbocycles. The van der Waals surface area contributed by atoms with Gasteiger partial charge in [-0.05, 0) is 31.3 Å². The third kappa shape index (κ3) is 5.74. The summed E-state index contributed by atoms with van der Waals surface area (Å²) in [5.41, 5.74) is 0.999. The lowest BCUT2D eigenvalue weighted by molar-refractivity contribution is -0.121. The van der Waals surface area contributed by atoms with Gasteiger partial charge in [-0.2, -0.15) is 0 Å². The minimum absolute atomic E-state index is 0.0514. The fourth-order valence-corrected chi connectivity index (χ4v) is 3.56. The zero-order chi connectivity index (χ0) is 19.1. The quantitative estimate of drug-likeness (QED) is 0.613. The van der Waals surface area contributed by atoms with Crippen LogP contribution in [0.4, 0.5) is 4.39 Å². The number of ether oxygens (including phenoxy) is 1. The largest absolute Gasteiger partial charge is 0.489 e. The molecule has 0 atom stereocenters. The highest BCUT2D eigenvalue weighted by Gasteiger charge is 2.08. The summed E-state index contributed by atoms with van der Waals surface area (Å²) < 4.78 is 20.0. The van der Waals surface area contributed by atoms with Crippen molar-refractivity contribution in [3.8, 4) is 5.75 Å². The average Bonchev–Trinajstić information content (AvgIpc) is 3.06. The highest BCUT2D eigenvalue weighted by Crippen LogP contribution is 2.21. The first-order chi connectivity index (χ1) is 13.1. The average molecular weight is 387 g/mol. The number of aromatic nitrogens is 1. The number of fused-ring (bicyclic) bond motifs is 1. The molecule has 0 unspecified atom stereocenters. The Morgan fingerprint density at radius 1 is 1.22 bits per heavy atom. The van der Waals surface area contributed by atoms with Crippen LogP contribution in [-0.2, 0) is 11.2 Å². The number of para-hydroxylation sites is 2. The number of halogens is 1. The van der Waals surface area contributed by atoms with Crippen molar-refractivity contribution in [2.24, 2.45) is 0 Å². The molecule has 0 aliphatic rings. The normalized spacial score (nSPS) is 11.1. The van der Waals surface area contributed by atoms with Gasteiger partial charge in [-0.25, -0.2) is 9.37 Å². The second-order valence-corrected chi connectivity index (χ2v) is 7.31. The highest BCUT2D eigenvalue weighted by atomic mass is 32.1. The van der Waals surface area contributed by atoms with E-state index in [2.05, 4.69) is 10.3 Å². The van der Waals surface area contributed by atoms with Crippen LogP contribution in [0, 0.1) is 5.82 Å². The minimum Gasteiger partial charge on any atom is -0.489 e. The van der Waals surface area contributed by atoms with E-state index in [0.29, 0.717) is 26.1 Å². The Labute approximate surface area is 161 Å². The maximum Gasteiger partial charge on any atom is 0.234 e. The van der Waals surface area contributed by atoms with Crippen LogP contribution in [0.3, 0.4) is 0 Å². The lowest BCUT2D eigenvalue weighted by Crippen LogP contribution is -2.37. The Kier molecular flexibility index (Phi) is 6.73. The van der Waals surface area contributed by atoms with Crippen molar-refractivity contribution in [1.29, 1.82) is 0 Å². The second-order valence-electron chi connectivity index (χ2n) is 6.19. The van der Waals surface area contributed by atoms with Gasteiger partial charge >= 0.3 is 0 Å². The molecular formula is C20H22FN3O2S. The summed E-state index contributed by atoms with van der Waals surface area (Å²) in [6.07, 6.45) is 0.713. The molecule has 3 rings (SSSR count). The first-order valence-electron chi connectivity index (χ1n) is 8.79. The molecule has 0 fully saturated rings. The Hall–Kier alpha value is -2.51. The van der Waals surface area contributed by atoms with Crippen molar-refractivity contribution in [2.75, 3.05) is 33.3 Å². The number of carbonyl (C=O) groups excluding carboxylic acids is 1. The fourth-order valence-electron chi connectivity index (χ4n) is 2.59. The minimum atomic E-state index is -0.382. The van der Waals surface area contributed by atoms with Gasteiger partial charge in [0.05, 0.1) is 21.8 Å². The number of rotatable bonds is 9. The monoisotopic (exact) mass is 387 g/mol. The standard InChI is InChI=1S/C20H22FN3O2S/c1-24(12-13-26-17-8-4-2-6-15(17)21)14-19(25)22-11-10-20-23-16-7-3-5-9-18(16)27-20/h2-9H,10-14H2,1H3,(H,22,25). The summed E-state index contributed by atoms with van der Waals surface area (Å²) in [5.74, 6) is -0.205. The molecule has 5 nitrogen and oxygen atoms in total. The van der Waals surface area contributed by atoms with Gasteiger partial charge in [-0.3, -0.25) is 9.69 Å². The molecule has 0 aliphatic heterocycles. The first kappa shape index (κ1) is 19.3. The summed E-state index contributed by atoms with van der Waals surface area (Å²) in [5, 5.41) is 3.93. The van der Waals surface area contributed by atoms with E-state index in [9.17, 15) is 9.18 Å². The van der Waals surface area contributed by atoms with E-state index >= 15 is 0 Å². The van der Waals surface area contributed by atoms with Gasteiger partial charge in [-0.1, -0.05) is 24.3 Å². The van der Waals surface area contributed by atoms with Crippen molar-refractivity contribution in [1.82, 2.24) is 15.2 Å². The van der Waals surface area contributed by atoms with Crippen LogP contribution >= 0.6 is 11.3 Å². The molecule has 0 bridgehead atoms. The molecule has 1 N–H and O–H groups in total. The lowest BCUT2D eigenvalue weighted by atomic mass is 10.3. The molecule has 0 radical (unpaired) electrons. The van der Waals surface area contributed by atoms with Crippen LogP contribution in [-0.4, -0.2) is 49.1 Å². The molecule has 7 heteroatoms. The molecule has 1 heterocycles. The van der Waals surface area contributed by atoms with E-state index in [-0.39, 0.29) is 24.0 Å². The molecular weight excluding hydrogens is 365 g/mol. The maximum absolute atomic E-state index is 13.5. The van der Waals surface area contributed by atoms with E-state index in [1.54, 1.807) is 29.5 Å². The molecule has 3 aromatic rings. The van der Waals surface area contributed by atoms with E-state index in [4.69, 9.17) is 4.74 Å². The second kappa shape index (κ2) is 9.43. The Balaban J connectivity index is 1.34. The Bertz CT molecular complexity index is 867. The molecule has 142 valence electrons. The van der Waals surface area contributed by atoms with E-state index in [1.807, 2.05) is 36.2 Å². The molecule has 0 saturated carbocycles. The van der Waals surface area contributed by atoms with Crippen LogP contribution < -0.4 is 10.1 Å². The molecule has 1 amide bonds. The third-order valence-electron chi connectivity index (χ3n) is 3.98. The van der Waals surface area contributed by atoms with Crippen molar-refractivity contribution < 1.29 is 13.9 Å². The summed E-state index contributed by atoms with van der Waals surface area (Å²) >= 11 is 1.65. The topological polar surface area (TPSA) is 54.5 Å². The van der Waals surface area contributed by atoms with Crippen molar-refractivity contribution >= 4 is 27.5 Å². The number of thiazole rings is 1. The zero-order valence-corrected chi connectivity index (χ0v) is 16.0. The van der Waals surface area contributed by atoms with Crippen molar-refractivity contribution in [2.45, 2.75) is 6.42 Å². The summed E-state index contributed by atoms with van der Waals surface area (Å²) in [4.78, 5) is 18.4. The maximum atomic E-state index is 13.5. The summed E-state index contributed by atoms with van der Waals surface area (Å²) in [7, 11) is 1.83. The van der Waals surface area contributed by atoms with Gasteiger partial charge < -0.3 is 10.1 Å². The molecule has 1 aromatic heterocycles. The van der Waals surface area contributed by atoms with Gasteiger partial charge in [0.15, 0.2) is 11.6 Å². The number of carbonyl (C=O) groups is 1. The van der Waals surface area contributed by atoms with Crippen LogP contribution in [0.5, 0.6) is 5.75 Å². The zero-order valence-electron chi connectivity index (χ0n) is 15.2. The van der Waals surface area contributed by atoms with Crippen molar-refractivity contribution in [3.05, 3.63) is 59.4 Å². The lowest BCUT2D eigenvalue weighted by Gasteiger charge is -2.16. The number of amides is 1. The molecule has 0 saturated heterocycles. The summed E-state index contributed by atoms with van der Waals surface area (Å²) in [6.45, 7) is 1.66. The van der Waals surface area contributed by atoms with Crippen LogP contribution in [0.25, 0.3) is 10.2 Å². The Morgan fingerprint density at radius 2 is 2.00 bits per heavy atom. The van der Waals surface area contributed by atoms with Gasteiger partial charge in [0.1, 0.15) is 6.61 Å². The van der Waals surface area contributed by atoms with Gasteiger partial charge in [0, 0.05) is 19.5 Å². The first-order valence-corrected chi connectivity index (χ1v) is 9.60. The Morgan fingerprint density at radius 3 is 2.81 bits per heavy atom. The predicted molar refractivity (Wildman–Crippen MR) is 106 cm³/mol. The SMILES string of the molecule is CN(CCOc1ccccc1F)CC(=O)NCCc1nc2ccccc2s1. The van der Waals surface area contributed by atoms with Crippen molar-refractivity contribution in [3.63, 3.8) is 0 Å². The van der Waals surface area contributed by atoms with E-state index in [0.717, 1.165) is 15.2 Å². The number of likely N-dealkylation sites (N-methyl/N-ethyl adjacent to an activating group) is 1. The van der Waals surface area contributed by atoms with Gasteiger partial charge in [-0.15, -0.1) is 11.3 Å². The summed E-state index contributed by atoms with van der Waals surface area (Å²) in [6, 6.07) is 14.3. The smallest absolute Gasteiger partial charge is 0.234 e.